The summed E-state index contributed by atoms with van der Waals surface area (Å²) in [6, 6.07) is 13.4. The Morgan fingerprint density at radius 1 is 1.10 bits per heavy atom. The molecular formula is C17H14ClNO. The van der Waals surface area contributed by atoms with Crippen LogP contribution < -0.4 is 0 Å². The van der Waals surface area contributed by atoms with E-state index in [1.54, 1.807) is 18.5 Å². The fourth-order valence-corrected chi connectivity index (χ4v) is 2.73. The molecule has 0 spiro atoms. The highest BCUT2D eigenvalue weighted by atomic mass is 35.5. The summed E-state index contributed by atoms with van der Waals surface area (Å²) in [5.74, 6) is 0. The largest absolute Gasteiger partial charge is 0.384 e. The van der Waals surface area contributed by atoms with Crippen LogP contribution in [0.2, 0.25) is 5.02 Å². The molecule has 0 aliphatic rings. The topological polar surface area (TPSA) is 33.1 Å². The summed E-state index contributed by atoms with van der Waals surface area (Å²) in [6.07, 6.45) is 2.88. The Morgan fingerprint density at radius 2 is 1.95 bits per heavy atom. The van der Waals surface area contributed by atoms with E-state index in [1.807, 2.05) is 43.3 Å². The molecule has 2 aromatic carbocycles. The smallest absolute Gasteiger partial charge is 0.105 e. The number of halogens is 1. The molecule has 1 N–H and O–H groups in total. The molecule has 2 nitrogen and oxygen atoms in total. The lowest BCUT2D eigenvalue weighted by atomic mass is 9.94. The Balaban J connectivity index is 2.15. The minimum atomic E-state index is -0.668. The average Bonchev–Trinajstić information content (AvgIpc) is 2.46. The molecule has 3 rings (SSSR count). The molecule has 3 aromatic rings. The molecule has 0 saturated heterocycles. The van der Waals surface area contributed by atoms with Crippen LogP contribution >= 0.6 is 11.6 Å². The molecule has 0 saturated carbocycles. The molecule has 1 aromatic heterocycles. The number of fused-ring (bicyclic) bond motifs is 1. The van der Waals surface area contributed by atoms with E-state index in [9.17, 15) is 5.11 Å². The third kappa shape index (κ3) is 2.28. The van der Waals surface area contributed by atoms with Gasteiger partial charge in [0.2, 0.25) is 0 Å². The minimum Gasteiger partial charge on any atom is -0.384 e. The molecular weight excluding hydrogens is 270 g/mol. The predicted molar refractivity (Wildman–Crippen MR) is 82.0 cm³/mol. The predicted octanol–water partition coefficient (Wildman–Crippen LogP) is 4.28. The highest BCUT2D eigenvalue weighted by Gasteiger charge is 2.15. The van der Waals surface area contributed by atoms with Crippen molar-refractivity contribution < 1.29 is 5.11 Å². The number of aromatic nitrogens is 1. The van der Waals surface area contributed by atoms with Crippen molar-refractivity contribution in [2.45, 2.75) is 13.0 Å². The van der Waals surface area contributed by atoms with Gasteiger partial charge in [-0.2, -0.15) is 0 Å². The van der Waals surface area contributed by atoms with Gasteiger partial charge in [0.15, 0.2) is 0 Å². The number of hydrogen-bond donors (Lipinski definition) is 1. The zero-order chi connectivity index (χ0) is 14.1. The van der Waals surface area contributed by atoms with Crippen molar-refractivity contribution in [1.29, 1.82) is 0 Å². The number of rotatable bonds is 2. The van der Waals surface area contributed by atoms with Crippen molar-refractivity contribution in [3.8, 4) is 0 Å². The van der Waals surface area contributed by atoms with Crippen LogP contribution in [0.15, 0.2) is 54.9 Å². The molecule has 1 heterocycles. The minimum absolute atomic E-state index is 0.668. The molecule has 0 fully saturated rings. The lowest BCUT2D eigenvalue weighted by Gasteiger charge is -2.16. The number of nitrogens with zero attached hydrogens (tertiary/aromatic N) is 1. The molecule has 0 radical (unpaired) electrons. The van der Waals surface area contributed by atoms with E-state index in [0.29, 0.717) is 5.02 Å². The molecule has 1 unspecified atom stereocenters. The summed E-state index contributed by atoms with van der Waals surface area (Å²) >= 11 is 5.97. The summed E-state index contributed by atoms with van der Waals surface area (Å²) in [5, 5.41) is 13.4. The second-order valence-electron chi connectivity index (χ2n) is 4.85. The first-order valence-corrected chi connectivity index (χ1v) is 6.81. The monoisotopic (exact) mass is 283 g/mol. The lowest BCUT2D eigenvalue weighted by Crippen LogP contribution is -2.02. The van der Waals surface area contributed by atoms with Crippen LogP contribution in [0.5, 0.6) is 0 Å². The van der Waals surface area contributed by atoms with Gasteiger partial charge in [0, 0.05) is 22.8 Å². The van der Waals surface area contributed by atoms with Crippen molar-refractivity contribution in [3.63, 3.8) is 0 Å². The zero-order valence-electron chi connectivity index (χ0n) is 11.0. The first-order chi connectivity index (χ1) is 9.66. The van der Waals surface area contributed by atoms with Crippen LogP contribution in [0.25, 0.3) is 10.8 Å². The van der Waals surface area contributed by atoms with Gasteiger partial charge in [0.1, 0.15) is 6.10 Å². The van der Waals surface area contributed by atoms with Gasteiger partial charge in [0.25, 0.3) is 0 Å². The van der Waals surface area contributed by atoms with Gasteiger partial charge >= 0.3 is 0 Å². The molecule has 0 aliphatic carbocycles. The van der Waals surface area contributed by atoms with Gasteiger partial charge < -0.3 is 5.11 Å². The maximum atomic E-state index is 10.7. The fraction of sp³-hybridized carbons (Fsp3) is 0.118. The Kier molecular flexibility index (Phi) is 3.43. The van der Waals surface area contributed by atoms with Gasteiger partial charge in [-0.25, -0.2) is 0 Å². The van der Waals surface area contributed by atoms with Crippen LogP contribution in [0.3, 0.4) is 0 Å². The van der Waals surface area contributed by atoms with Gasteiger partial charge in [-0.05, 0) is 47.2 Å². The zero-order valence-corrected chi connectivity index (χ0v) is 11.8. The van der Waals surface area contributed by atoms with Crippen LogP contribution in [-0.4, -0.2) is 10.1 Å². The van der Waals surface area contributed by atoms with Crippen LogP contribution in [0.4, 0.5) is 0 Å². The molecule has 20 heavy (non-hydrogen) atoms. The van der Waals surface area contributed by atoms with Crippen LogP contribution in [0.1, 0.15) is 22.8 Å². The van der Waals surface area contributed by atoms with Crippen molar-refractivity contribution in [1.82, 2.24) is 4.98 Å². The number of aliphatic hydroxyl groups is 1. The third-order valence-electron chi connectivity index (χ3n) is 3.54. The van der Waals surface area contributed by atoms with Crippen molar-refractivity contribution >= 4 is 22.4 Å². The first kappa shape index (κ1) is 13.1. The highest BCUT2D eigenvalue weighted by molar-refractivity contribution is 6.30. The SMILES string of the molecule is Cc1cc(Cl)ccc1C(O)c1cccc2cnccc12. The standard InChI is InChI=1S/C17H14ClNO/c1-11-9-13(18)5-6-14(11)17(20)16-4-2-3-12-10-19-8-7-15(12)16/h2-10,17,20H,1H3. The van der Waals surface area contributed by atoms with E-state index < -0.39 is 6.10 Å². The van der Waals surface area contributed by atoms with Gasteiger partial charge in [-0.3, -0.25) is 4.98 Å². The van der Waals surface area contributed by atoms with Crippen LogP contribution in [-0.2, 0) is 0 Å². The van der Waals surface area contributed by atoms with Crippen LogP contribution in [0, 0.1) is 6.92 Å². The maximum Gasteiger partial charge on any atom is 0.105 e. The van der Waals surface area contributed by atoms with E-state index in [-0.39, 0.29) is 0 Å². The summed E-state index contributed by atoms with van der Waals surface area (Å²) < 4.78 is 0. The van der Waals surface area contributed by atoms with Gasteiger partial charge in [0.05, 0.1) is 0 Å². The second-order valence-corrected chi connectivity index (χ2v) is 5.28. The van der Waals surface area contributed by atoms with Crippen molar-refractivity contribution in [2.24, 2.45) is 0 Å². The summed E-state index contributed by atoms with van der Waals surface area (Å²) in [7, 11) is 0. The van der Waals surface area contributed by atoms with E-state index in [2.05, 4.69) is 4.98 Å². The molecule has 0 aliphatic heterocycles. The molecule has 0 bridgehead atoms. The second kappa shape index (κ2) is 5.23. The third-order valence-corrected chi connectivity index (χ3v) is 3.77. The Bertz CT molecular complexity index is 765. The number of hydrogen-bond acceptors (Lipinski definition) is 2. The van der Waals surface area contributed by atoms with E-state index in [1.165, 1.54) is 0 Å². The number of pyridine rings is 1. The first-order valence-electron chi connectivity index (χ1n) is 6.43. The Morgan fingerprint density at radius 3 is 2.75 bits per heavy atom. The molecule has 0 amide bonds. The number of benzene rings is 2. The van der Waals surface area contributed by atoms with E-state index in [4.69, 9.17) is 11.6 Å². The lowest BCUT2D eigenvalue weighted by molar-refractivity contribution is 0.221. The summed E-state index contributed by atoms with van der Waals surface area (Å²) in [4.78, 5) is 4.12. The normalized spacial score (nSPS) is 12.6. The summed E-state index contributed by atoms with van der Waals surface area (Å²) in [6.45, 7) is 1.96. The Labute approximate surface area is 122 Å². The Hall–Kier alpha value is -1.90. The maximum absolute atomic E-state index is 10.7. The molecule has 3 heteroatoms. The van der Waals surface area contributed by atoms with Gasteiger partial charge in [-0.1, -0.05) is 35.9 Å². The van der Waals surface area contributed by atoms with E-state index >= 15 is 0 Å². The highest BCUT2D eigenvalue weighted by Crippen LogP contribution is 2.31. The number of aliphatic hydroxyl groups excluding tert-OH is 1. The van der Waals surface area contributed by atoms with Crippen molar-refractivity contribution in [3.05, 3.63) is 76.6 Å². The van der Waals surface area contributed by atoms with Gasteiger partial charge in [-0.15, -0.1) is 0 Å². The number of aryl methyl sites for hydroxylation is 1. The molecule has 100 valence electrons. The molecule has 1 atom stereocenters. The fourth-order valence-electron chi connectivity index (χ4n) is 2.50. The van der Waals surface area contributed by atoms with E-state index in [0.717, 1.165) is 27.5 Å². The quantitative estimate of drug-likeness (QED) is 0.761. The summed E-state index contributed by atoms with van der Waals surface area (Å²) in [5.41, 5.74) is 2.74. The average molecular weight is 284 g/mol. The van der Waals surface area contributed by atoms with Crippen molar-refractivity contribution in [2.75, 3.05) is 0 Å².